The van der Waals surface area contributed by atoms with Crippen molar-refractivity contribution in [3.63, 3.8) is 0 Å². The van der Waals surface area contributed by atoms with Crippen LogP contribution in [0.4, 0.5) is 0 Å². The van der Waals surface area contributed by atoms with Gasteiger partial charge in [-0.3, -0.25) is 4.99 Å². The number of aliphatic imine (C=N–C) groups is 1. The molecule has 6 heteroatoms. The average Bonchev–Trinajstić information content (AvgIpc) is 3.01. The Balaban J connectivity index is 1.56. The number of aliphatic hydroxyl groups excluding tert-OH is 1. The third-order valence-electron chi connectivity index (χ3n) is 7.95. The van der Waals surface area contributed by atoms with Crippen LogP contribution in [0, 0.1) is 5.92 Å². The molecule has 0 radical (unpaired) electrons. The Labute approximate surface area is 267 Å². The molecule has 2 aromatic carbocycles. The molecule has 0 spiro atoms. The van der Waals surface area contributed by atoms with E-state index in [1.54, 1.807) is 42.6 Å². The first-order chi connectivity index (χ1) is 21.4. The van der Waals surface area contributed by atoms with E-state index in [9.17, 15) is 15.0 Å². The highest BCUT2D eigenvalue weighted by Gasteiger charge is 2.12. The van der Waals surface area contributed by atoms with E-state index in [0.29, 0.717) is 23.7 Å². The van der Waals surface area contributed by atoms with Gasteiger partial charge in [-0.25, -0.2) is 4.79 Å². The molecule has 0 saturated carbocycles. The monoisotopic (exact) mass is 609 g/mol. The number of unbranched alkanes of at least 4 members (excludes halogenated alkanes) is 15. The number of ether oxygens (including phenoxy) is 2. The van der Waals surface area contributed by atoms with E-state index < -0.39 is 5.97 Å². The normalized spacial score (nSPS) is 12.2. The summed E-state index contributed by atoms with van der Waals surface area (Å²) in [7, 11) is 0. The molecule has 0 saturated heterocycles. The molecule has 44 heavy (non-hydrogen) atoms. The first-order valence-electron chi connectivity index (χ1n) is 17.3. The van der Waals surface area contributed by atoms with Gasteiger partial charge in [0.25, 0.3) is 0 Å². The molecule has 2 N–H and O–H groups in total. The van der Waals surface area contributed by atoms with Crippen molar-refractivity contribution >= 4 is 12.2 Å². The first-order valence-corrected chi connectivity index (χ1v) is 17.3. The molecular weight excluding hydrogens is 550 g/mol. The number of benzene rings is 2. The second-order valence-corrected chi connectivity index (χ2v) is 12.5. The fourth-order valence-corrected chi connectivity index (χ4v) is 5.30. The molecule has 0 aliphatic rings. The minimum atomic E-state index is -0.507. The van der Waals surface area contributed by atoms with Gasteiger partial charge in [-0.2, -0.15) is 0 Å². The molecule has 2 aromatic rings. The number of phenols is 1. The minimum Gasteiger partial charge on any atom is -0.507 e. The van der Waals surface area contributed by atoms with Crippen LogP contribution in [0.3, 0.4) is 0 Å². The summed E-state index contributed by atoms with van der Waals surface area (Å²) in [6.45, 7) is 7.05. The maximum Gasteiger partial charge on any atom is 0.343 e. The van der Waals surface area contributed by atoms with Gasteiger partial charge in [0.15, 0.2) is 0 Å². The highest BCUT2D eigenvalue weighted by atomic mass is 16.5. The topological polar surface area (TPSA) is 88.4 Å². The Hall–Kier alpha value is -2.86. The number of nitrogens with zero attached hydrogens (tertiary/aromatic N) is 1. The smallest absolute Gasteiger partial charge is 0.343 e. The van der Waals surface area contributed by atoms with E-state index in [1.807, 2.05) is 0 Å². The predicted molar refractivity (Wildman–Crippen MR) is 182 cm³/mol. The molecule has 0 aliphatic heterocycles. The van der Waals surface area contributed by atoms with Crippen LogP contribution in [0.2, 0.25) is 0 Å². The summed E-state index contributed by atoms with van der Waals surface area (Å²) in [5.41, 5.74) is 0.905. The van der Waals surface area contributed by atoms with Gasteiger partial charge in [0, 0.05) is 17.8 Å². The van der Waals surface area contributed by atoms with E-state index in [0.717, 1.165) is 18.6 Å². The SMILES string of the molecule is CCCCCCCCCCCCCCCCCCOc1ccc(C(=O)Oc2ccc(C=N[C@@H](CO)CC(C)C)c(O)c2)cc1. The molecule has 0 bridgehead atoms. The molecule has 0 amide bonds. The minimum absolute atomic E-state index is 0.0434. The zero-order valence-electron chi connectivity index (χ0n) is 27.8. The van der Waals surface area contributed by atoms with Gasteiger partial charge in [-0.05, 0) is 55.2 Å². The summed E-state index contributed by atoms with van der Waals surface area (Å²) >= 11 is 0. The van der Waals surface area contributed by atoms with Crippen LogP contribution >= 0.6 is 0 Å². The molecule has 1 atom stereocenters. The van der Waals surface area contributed by atoms with Gasteiger partial charge in [0.2, 0.25) is 0 Å². The summed E-state index contributed by atoms with van der Waals surface area (Å²) in [6.07, 6.45) is 23.8. The lowest BCUT2D eigenvalue weighted by Crippen LogP contribution is -2.13. The van der Waals surface area contributed by atoms with Crippen LogP contribution < -0.4 is 9.47 Å². The lowest BCUT2D eigenvalue weighted by atomic mass is 10.0. The maximum atomic E-state index is 12.6. The zero-order valence-corrected chi connectivity index (χ0v) is 27.8. The second kappa shape index (κ2) is 23.5. The average molecular weight is 610 g/mol. The number of hydrogen-bond acceptors (Lipinski definition) is 6. The highest BCUT2D eigenvalue weighted by molar-refractivity contribution is 5.91. The quantitative estimate of drug-likeness (QED) is 0.0506. The van der Waals surface area contributed by atoms with E-state index in [-0.39, 0.29) is 24.1 Å². The Bertz CT molecular complexity index is 1050. The Kier molecular flexibility index (Phi) is 19.9. The van der Waals surface area contributed by atoms with Crippen LogP contribution in [-0.2, 0) is 0 Å². The molecule has 0 unspecified atom stereocenters. The molecule has 6 nitrogen and oxygen atoms in total. The largest absolute Gasteiger partial charge is 0.507 e. The summed E-state index contributed by atoms with van der Waals surface area (Å²) < 4.78 is 11.3. The van der Waals surface area contributed by atoms with Crippen LogP contribution in [0.5, 0.6) is 17.2 Å². The van der Waals surface area contributed by atoms with Crippen molar-refractivity contribution in [3.8, 4) is 17.2 Å². The summed E-state index contributed by atoms with van der Waals surface area (Å²) in [5.74, 6) is 0.839. The molecule has 2 rings (SSSR count). The van der Waals surface area contributed by atoms with Crippen LogP contribution in [0.1, 0.15) is 146 Å². The predicted octanol–water partition coefficient (Wildman–Crippen LogP) is 10.1. The molecule has 0 fully saturated rings. The molecule has 246 valence electrons. The molecule has 0 aromatic heterocycles. The van der Waals surface area contributed by atoms with Crippen molar-refractivity contribution in [2.45, 2.75) is 136 Å². The lowest BCUT2D eigenvalue weighted by Gasteiger charge is -2.12. The van der Waals surface area contributed by atoms with Gasteiger partial charge in [-0.1, -0.05) is 117 Å². The fraction of sp³-hybridized carbons (Fsp3) is 0.632. The maximum absolute atomic E-state index is 12.6. The summed E-state index contributed by atoms with van der Waals surface area (Å²) in [5, 5.41) is 19.9. The molecule has 0 aliphatic carbocycles. The number of aromatic hydroxyl groups is 1. The van der Waals surface area contributed by atoms with Crippen molar-refractivity contribution in [1.82, 2.24) is 0 Å². The number of aliphatic hydroxyl groups is 1. The van der Waals surface area contributed by atoms with Gasteiger partial charge in [0.1, 0.15) is 17.2 Å². The summed E-state index contributed by atoms with van der Waals surface area (Å²) in [6, 6.07) is 11.4. The van der Waals surface area contributed by atoms with E-state index >= 15 is 0 Å². The van der Waals surface area contributed by atoms with E-state index in [2.05, 4.69) is 25.8 Å². The fourth-order valence-electron chi connectivity index (χ4n) is 5.30. The van der Waals surface area contributed by atoms with Crippen LogP contribution in [-0.4, -0.2) is 41.7 Å². The number of phenolic OH excluding ortho intramolecular Hbond substituents is 1. The first kappa shape index (κ1) is 37.3. The number of hydrogen-bond donors (Lipinski definition) is 2. The Morgan fingerprint density at radius 2 is 1.30 bits per heavy atom. The number of esters is 1. The van der Waals surface area contributed by atoms with Gasteiger partial charge in [-0.15, -0.1) is 0 Å². The standard InChI is InChI=1S/C38H59NO5/c1-4-5-6-7-8-9-10-11-12-13-14-15-16-17-18-19-26-43-35-23-20-32(21-24-35)38(42)44-36-25-22-33(37(41)28-36)29-39-34(30-40)27-31(2)3/h20-25,28-29,31,34,40-41H,4-19,26-27,30H2,1-3H3/t34-/m1/s1. The van der Waals surface area contributed by atoms with Crippen molar-refractivity contribution in [1.29, 1.82) is 0 Å². The van der Waals surface area contributed by atoms with Crippen molar-refractivity contribution in [2.24, 2.45) is 10.9 Å². The Morgan fingerprint density at radius 1 is 0.773 bits per heavy atom. The van der Waals surface area contributed by atoms with Gasteiger partial charge in [0.05, 0.1) is 24.8 Å². The third kappa shape index (κ3) is 16.8. The van der Waals surface area contributed by atoms with Crippen LogP contribution in [0.25, 0.3) is 0 Å². The van der Waals surface area contributed by atoms with E-state index in [4.69, 9.17) is 9.47 Å². The zero-order chi connectivity index (χ0) is 31.8. The number of carbonyl (C=O) groups is 1. The van der Waals surface area contributed by atoms with Crippen molar-refractivity contribution in [3.05, 3.63) is 53.6 Å². The van der Waals surface area contributed by atoms with Crippen molar-refractivity contribution in [2.75, 3.05) is 13.2 Å². The highest BCUT2D eigenvalue weighted by Crippen LogP contribution is 2.24. The van der Waals surface area contributed by atoms with Crippen LogP contribution in [0.15, 0.2) is 47.5 Å². The van der Waals surface area contributed by atoms with Gasteiger partial charge < -0.3 is 19.7 Å². The molecular formula is C38H59NO5. The number of rotatable bonds is 25. The second-order valence-electron chi connectivity index (χ2n) is 12.5. The number of carbonyl (C=O) groups excluding carboxylic acids is 1. The Morgan fingerprint density at radius 3 is 1.80 bits per heavy atom. The van der Waals surface area contributed by atoms with Gasteiger partial charge >= 0.3 is 5.97 Å². The third-order valence-corrected chi connectivity index (χ3v) is 7.95. The molecule has 0 heterocycles. The van der Waals surface area contributed by atoms with E-state index in [1.165, 1.54) is 102 Å². The lowest BCUT2D eigenvalue weighted by molar-refractivity contribution is 0.0734. The van der Waals surface area contributed by atoms with Crippen molar-refractivity contribution < 1.29 is 24.5 Å². The summed E-state index contributed by atoms with van der Waals surface area (Å²) in [4.78, 5) is 17.0.